The molecule has 2 aliphatic heterocycles. The summed E-state index contributed by atoms with van der Waals surface area (Å²) in [6, 6.07) is 4.33. The number of hydrogen-bond acceptors (Lipinski definition) is 7. The molecule has 29 heavy (non-hydrogen) atoms. The van der Waals surface area contributed by atoms with Crippen molar-refractivity contribution < 1.29 is 32.9 Å². The van der Waals surface area contributed by atoms with Gasteiger partial charge in [-0.3, -0.25) is 0 Å². The van der Waals surface area contributed by atoms with E-state index in [4.69, 9.17) is 18.9 Å². The highest BCUT2D eigenvalue weighted by Gasteiger charge is 2.30. The van der Waals surface area contributed by atoms with Crippen molar-refractivity contribution in [3.8, 4) is 5.75 Å². The molecule has 0 aromatic heterocycles. The van der Waals surface area contributed by atoms with Crippen LogP contribution in [0.1, 0.15) is 12.8 Å². The number of ether oxygens (including phenoxy) is 4. The zero-order valence-electron chi connectivity index (χ0n) is 16.2. The van der Waals surface area contributed by atoms with Crippen LogP contribution in [-0.4, -0.2) is 45.5 Å². The van der Waals surface area contributed by atoms with Crippen molar-refractivity contribution in [1.82, 2.24) is 0 Å². The van der Waals surface area contributed by atoms with Gasteiger partial charge in [0.15, 0.2) is 11.6 Å². The lowest BCUT2D eigenvalue weighted by molar-refractivity contribution is -0.139. The molecule has 1 aromatic carbocycles. The van der Waals surface area contributed by atoms with Gasteiger partial charge >= 0.3 is 11.9 Å². The number of carbonyl (C=O) groups is 2. The summed E-state index contributed by atoms with van der Waals surface area (Å²) in [5, 5.41) is 0. The van der Waals surface area contributed by atoms with E-state index in [1.54, 1.807) is 18.2 Å². The Bertz CT molecular complexity index is 870. The molecule has 8 heteroatoms. The van der Waals surface area contributed by atoms with Crippen molar-refractivity contribution in [2.24, 2.45) is 0 Å². The Labute approximate surface area is 168 Å². The van der Waals surface area contributed by atoms with E-state index in [1.807, 2.05) is 0 Å². The fraction of sp³-hybridized carbons (Fsp3) is 0.333. The summed E-state index contributed by atoms with van der Waals surface area (Å²) in [7, 11) is 2.40. The molecule has 2 heterocycles. The van der Waals surface area contributed by atoms with Crippen molar-refractivity contribution in [2.45, 2.75) is 18.9 Å². The van der Waals surface area contributed by atoms with E-state index < -0.39 is 17.8 Å². The number of carbonyl (C=O) groups excluding carboxylic acids is 2. The number of para-hydroxylation sites is 1. The lowest BCUT2D eigenvalue weighted by Crippen LogP contribution is -2.28. The summed E-state index contributed by atoms with van der Waals surface area (Å²) in [6.45, 7) is 0.821. The number of allylic oxidation sites excluding steroid dienone is 2. The normalized spacial score (nSPS) is 18.6. The van der Waals surface area contributed by atoms with Gasteiger partial charge in [0.05, 0.1) is 31.6 Å². The van der Waals surface area contributed by atoms with Crippen molar-refractivity contribution in [1.29, 1.82) is 0 Å². The van der Waals surface area contributed by atoms with E-state index in [2.05, 4.69) is 0 Å². The molecule has 1 atom stereocenters. The van der Waals surface area contributed by atoms with Gasteiger partial charge in [-0.25, -0.2) is 14.0 Å². The van der Waals surface area contributed by atoms with E-state index in [9.17, 15) is 14.0 Å². The number of esters is 2. The van der Waals surface area contributed by atoms with E-state index in [0.717, 1.165) is 12.8 Å². The van der Waals surface area contributed by atoms with Crippen LogP contribution in [0.15, 0.2) is 53.9 Å². The third-order valence-corrected chi connectivity index (χ3v) is 4.53. The summed E-state index contributed by atoms with van der Waals surface area (Å²) in [6.07, 6.45) is 7.76. The summed E-state index contributed by atoms with van der Waals surface area (Å²) < 4.78 is 35.6. The first-order valence-electron chi connectivity index (χ1n) is 9.14. The minimum Gasteiger partial charge on any atom is -0.486 e. The Morgan fingerprint density at radius 1 is 1.21 bits per heavy atom. The Balaban J connectivity index is 2.05. The maximum atomic E-state index is 14.7. The first-order chi connectivity index (χ1) is 14.1. The van der Waals surface area contributed by atoms with Crippen LogP contribution in [0.5, 0.6) is 5.75 Å². The predicted octanol–water partition coefficient (Wildman–Crippen LogP) is 2.87. The highest BCUT2D eigenvalue weighted by Crippen LogP contribution is 2.36. The number of benzene rings is 1. The molecule has 0 bridgehead atoms. The standard InChI is InChI=1S/C21H22FNO6/c1-26-20(24)15-8-3-4-11-23(18(15)21(25)27-2)17-10-5-9-16(22)19(17)29-13-14-7-6-12-28-14/h3-5,8-11,14H,6-7,12-13H2,1-2H3. The first kappa shape index (κ1) is 20.6. The summed E-state index contributed by atoms with van der Waals surface area (Å²) in [5.74, 6) is -2.17. The number of rotatable bonds is 6. The van der Waals surface area contributed by atoms with E-state index >= 15 is 0 Å². The smallest absolute Gasteiger partial charge is 0.355 e. The van der Waals surface area contributed by atoms with Crippen molar-refractivity contribution in [2.75, 3.05) is 32.3 Å². The second-order valence-corrected chi connectivity index (χ2v) is 6.35. The SMILES string of the molecule is COC(=O)C1=C(C(=O)OC)N(c2cccc(F)c2OCC2CCCO2)C=CC=C1. The molecular weight excluding hydrogens is 381 g/mol. The number of halogens is 1. The molecule has 0 N–H and O–H groups in total. The Kier molecular flexibility index (Phi) is 6.66. The van der Waals surface area contributed by atoms with Gasteiger partial charge in [-0.05, 0) is 37.1 Å². The summed E-state index contributed by atoms with van der Waals surface area (Å²) in [5.41, 5.74) is 0.0975. The van der Waals surface area contributed by atoms with E-state index in [-0.39, 0.29) is 35.4 Å². The van der Waals surface area contributed by atoms with Crippen LogP contribution < -0.4 is 9.64 Å². The zero-order chi connectivity index (χ0) is 20.8. The molecule has 0 spiro atoms. The average Bonchev–Trinajstić information content (AvgIpc) is 3.16. The van der Waals surface area contributed by atoms with E-state index in [0.29, 0.717) is 6.61 Å². The maximum Gasteiger partial charge on any atom is 0.355 e. The number of hydrogen-bond donors (Lipinski definition) is 0. The molecule has 0 radical (unpaired) electrons. The van der Waals surface area contributed by atoms with E-state index in [1.165, 1.54) is 43.5 Å². The minimum absolute atomic E-state index is 0.0290. The van der Waals surface area contributed by atoms with Crippen LogP contribution in [0.2, 0.25) is 0 Å². The van der Waals surface area contributed by atoms with Crippen molar-refractivity contribution in [3.05, 3.63) is 59.7 Å². The molecule has 1 saturated heterocycles. The highest BCUT2D eigenvalue weighted by molar-refractivity contribution is 6.05. The molecule has 7 nitrogen and oxygen atoms in total. The van der Waals surface area contributed by atoms with Crippen LogP contribution in [0, 0.1) is 5.82 Å². The lowest BCUT2D eigenvalue weighted by Gasteiger charge is -2.25. The first-order valence-corrected chi connectivity index (χ1v) is 9.14. The fourth-order valence-corrected chi connectivity index (χ4v) is 3.13. The van der Waals surface area contributed by atoms with Crippen LogP contribution in [0.25, 0.3) is 0 Å². The zero-order valence-corrected chi connectivity index (χ0v) is 16.2. The number of methoxy groups -OCH3 is 2. The summed E-state index contributed by atoms with van der Waals surface area (Å²) >= 11 is 0. The Morgan fingerprint density at radius 2 is 2.00 bits per heavy atom. The van der Waals surface area contributed by atoms with Gasteiger partial charge in [-0.2, -0.15) is 0 Å². The second kappa shape index (κ2) is 9.38. The molecule has 0 saturated carbocycles. The van der Waals surface area contributed by atoms with Crippen molar-refractivity contribution >= 4 is 17.6 Å². The topological polar surface area (TPSA) is 74.3 Å². The Hall–Kier alpha value is -3.13. The number of anilines is 1. The molecule has 0 aliphatic carbocycles. The third kappa shape index (κ3) is 4.48. The van der Waals surface area contributed by atoms with Gasteiger partial charge < -0.3 is 23.8 Å². The highest BCUT2D eigenvalue weighted by atomic mass is 19.1. The van der Waals surface area contributed by atoms with Gasteiger partial charge in [-0.1, -0.05) is 12.1 Å². The van der Waals surface area contributed by atoms with Gasteiger partial charge in [0, 0.05) is 12.8 Å². The predicted molar refractivity (Wildman–Crippen MR) is 103 cm³/mol. The third-order valence-electron chi connectivity index (χ3n) is 4.53. The molecule has 3 rings (SSSR count). The molecular formula is C21H22FNO6. The lowest BCUT2D eigenvalue weighted by atomic mass is 10.1. The fourth-order valence-electron chi connectivity index (χ4n) is 3.13. The molecule has 1 unspecified atom stereocenters. The van der Waals surface area contributed by atoms with Crippen LogP contribution in [0.4, 0.5) is 10.1 Å². The van der Waals surface area contributed by atoms with Crippen LogP contribution in [0.3, 0.4) is 0 Å². The van der Waals surface area contributed by atoms with Crippen LogP contribution >= 0.6 is 0 Å². The largest absolute Gasteiger partial charge is 0.486 e. The molecule has 154 valence electrons. The molecule has 1 fully saturated rings. The van der Waals surface area contributed by atoms with Crippen molar-refractivity contribution in [3.63, 3.8) is 0 Å². The Morgan fingerprint density at radius 3 is 2.69 bits per heavy atom. The molecule has 0 amide bonds. The monoisotopic (exact) mass is 403 g/mol. The quantitative estimate of drug-likeness (QED) is 0.676. The molecule has 1 aromatic rings. The minimum atomic E-state index is -0.782. The van der Waals surface area contributed by atoms with Gasteiger partial charge in [0.1, 0.15) is 12.3 Å². The van der Waals surface area contributed by atoms with Gasteiger partial charge in [0.25, 0.3) is 0 Å². The second-order valence-electron chi connectivity index (χ2n) is 6.35. The van der Waals surface area contributed by atoms with Crippen LogP contribution in [-0.2, 0) is 23.8 Å². The average molecular weight is 403 g/mol. The van der Waals surface area contributed by atoms with Gasteiger partial charge in [0.2, 0.25) is 0 Å². The maximum absolute atomic E-state index is 14.7. The number of nitrogens with zero attached hydrogens (tertiary/aromatic N) is 1. The summed E-state index contributed by atoms with van der Waals surface area (Å²) in [4.78, 5) is 26.2. The molecule has 2 aliphatic rings. The van der Waals surface area contributed by atoms with Gasteiger partial charge in [-0.15, -0.1) is 0 Å².